The van der Waals surface area contributed by atoms with Crippen LogP contribution in [0.25, 0.3) is 6.08 Å². The highest BCUT2D eigenvalue weighted by Crippen LogP contribution is 2.25. The van der Waals surface area contributed by atoms with Crippen molar-refractivity contribution in [3.8, 4) is 0 Å². The highest BCUT2D eigenvalue weighted by Gasteiger charge is 2.34. The molecule has 0 bridgehead atoms. The molecule has 0 spiro atoms. The van der Waals surface area contributed by atoms with E-state index in [1.54, 1.807) is 78.5 Å². The average molecular weight is 580 g/mol. The Morgan fingerprint density at radius 1 is 0.786 bits per heavy atom. The van der Waals surface area contributed by atoms with E-state index in [1.165, 1.54) is 35.2 Å². The second kappa shape index (κ2) is 13.1. The van der Waals surface area contributed by atoms with Gasteiger partial charge in [-0.3, -0.25) is 24.1 Å². The normalized spacial score (nSPS) is 12.7. The Hall–Kier alpha value is -5.02. The van der Waals surface area contributed by atoms with E-state index in [9.17, 15) is 23.6 Å². The van der Waals surface area contributed by atoms with E-state index >= 15 is 0 Å². The van der Waals surface area contributed by atoms with Crippen molar-refractivity contribution in [2.45, 2.75) is 11.3 Å². The molecule has 7 nitrogen and oxygen atoms in total. The van der Waals surface area contributed by atoms with Crippen LogP contribution in [0.4, 0.5) is 10.1 Å². The van der Waals surface area contributed by atoms with Gasteiger partial charge in [-0.15, -0.1) is 11.8 Å². The maximum absolute atomic E-state index is 13.4. The topological polar surface area (TPSA) is 95.6 Å². The molecular formula is C33H26FN3O4S. The zero-order valence-electron chi connectivity index (χ0n) is 22.4. The molecule has 4 amide bonds. The van der Waals surface area contributed by atoms with Crippen LogP contribution in [0.2, 0.25) is 0 Å². The van der Waals surface area contributed by atoms with Crippen LogP contribution in [-0.4, -0.2) is 40.8 Å². The fourth-order valence-electron chi connectivity index (χ4n) is 4.36. The van der Waals surface area contributed by atoms with Crippen molar-refractivity contribution in [1.29, 1.82) is 0 Å². The first-order valence-electron chi connectivity index (χ1n) is 13.2. The third-order valence-corrected chi connectivity index (χ3v) is 7.59. The molecule has 4 aromatic rings. The summed E-state index contributed by atoms with van der Waals surface area (Å²) in [6.45, 7) is 0.339. The standard InChI is InChI=1S/C33H26FN3O4S/c34-24-13-11-22(12-14-24)21-29(36-30(38)23-7-2-1-3-8-23)31(39)35-25-15-17-26(18-16-25)42-20-6-19-37-32(40)27-9-4-5-10-28(27)33(37)41/h1-5,7-18,21H,6,19-20H2,(H,35,39)(H,36,38)/b29-21-. The van der Waals surface area contributed by atoms with Gasteiger partial charge < -0.3 is 10.6 Å². The van der Waals surface area contributed by atoms with Crippen LogP contribution in [0.1, 0.15) is 43.1 Å². The van der Waals surface area contributed by atoms with Crippen molar-refractivity contribution in [2.24, 2.45) is 0 Å². The molecule has 4 aromatic carbocycles. The SMILES string of the molecule is O=C(Nc1ccc(SCCCN2C(=O)c3ccccc3C2=O)cc1)/C(=C/c1ccc(F)cc1)NC(=O)c1ccccc1. The van der Waals surface area contributed by atoms with Crippen LogP contribution in [0, 0.1) is 5.82 Å². The number of nitrogens with one attached hydrogen (secondary N) is 2. The van der Waals surface area contributed by atoms with Crippen LogP contribution in [-0.2, 0) is 4.79 Å². The van der Waals surface area contributed by atoms with Gasteiger partial charge in [0.2, 0.25) is 0 Å². The first-order chi connectivity index (χ1) is 20.4. The van der Waals surface area contributed by atoms with Crippen molar-refractivity contribution >= 4 is 47.2 Å². The first kappa shape index (κ1) is 28.5. The molecule has 42 heavy (non-hydrogen) atoms. The van der Waals surface area contributed by atoms with Crippen LogP contribution in [0.5, 0.6) is 0 Å². The molecule has 0 aromatic heterocycles. The maximum Gasteiger partial charge on any atom is 0.272 e. The van der Waals surface area contributed by atoms with E-state index in [4.69, 9.17) is 0 Å². The molecule has 0 aliphatic carbocycles. The summed E-state index contributed by atoms with van der Waals surface area (Å²) >= 11 is 1.57. The van der Waals surface area contributed by atoms with Crippen LogP contribution in [0.3, 0.4) is 0 Å². The number of fused-ring (bicyclic) bond motifs is 1. The zero-order valence-corrected chi connectivity index (χ0v) is 23.2. The second-order valence-electron chi connectivity index (χ2n) is 9.42. The molecule has 5 rings (SSSR count). The number of halogens is 1. The van der Waals surface area contributed by atoms with E-state index in [0.717, 1.165) is 4.90 Å². The van der Waals surface area contributed by atoms with Gasteiger partial charge in [-0.1, -0.05) is 42.5 Å². The number of carbonyl (C=O) groups is 4. The molecule has 0 radical (unpaired) electrons. The molecule has 2 N–H and O–H groups in total. The Balaban J connectivity index is 1.17. The summed E-state index contributed by atoms with van der Waals surface area (Å²) in [6, 6.07) is 28.1. The minimum atomic E-state index is -0.537. The van der Waals surface area contributed by atoms with Gasteiger partial charge in [0.25, 0.3) is 23.6 Å². The van der Waals surface area contributed by atoms with Gasteiger partial charge in [0.15, 0.2) is 0 Å². The van der Waals surface area contributed by atoms with Crippen molar-refractivity contribution in [1.82, 2.24) is 10.2 Å². The Labute approximate surface area is 246 Å². The number of hydrogen-bond donors (Lipinski definition) is 2. The van der Waals surface area contributed by atoms with E-state index in [1.807, 2.05) is 12.1 Å². The molecule has 210 valence electrons. The predicted octanol–water partition coefficient (Wildman–Crippen LogP) is 6.01. The average Bonchev–Trinajstić information content (AvgIpc) is 3.26. The number of amides is 4. The van der Waals surface area contributed by atoms with Gasteiger partial charge in [0.05, 0.1) is 11.1 Å². The summed E-state index contributed by atoms with van der Waals surface area (Å²) in [5.74, 6) is -1.22. The Bertz CT molecular complexity index is 1620. The lowest BCUT2D eigenvalue weighted by atomic mass is 10.1. The van der Waals surface area contributed by atoms with Gasteiger partial charge in [-0.25, -0.2) is 4.39 Å². The maximum atomic E-state index is 13.4. The lowest BCUT2D eigenvalue weighted by Crippen LogP contribution is -2.31. The monoisotopic (exact) mass is 579 g/mol. The van der Waals surface area contributed by atoms with Crippen LogP contribution in [0.15, 0.2) is 114 Å². The van der Waals surface area contributed by atoms with Crippen molar-refractivity contribution in [2.75, 3.05) is 17.6 Å². The number of hydrogen-bond acceptors (Lipinski definition) is 5. The van der Waals surface area contributed by atoms with Gasteiger partial charge in [-0.2, -0.15) is 0 Å². The molecule has 1 aliphatic rings. The highest BCUT2D eigenvalue weighted by atomic mass is 32.2. The smallest absolute Gasteiger partial charge is 0.272 e. The van der Waals surface area contributed by atoms with Gasteiger partial charge in [0.1, 0.15) is 11.5 Å². The molecule has 1 aliphatic heterocycles. The summed E-state index contributed by atoms with van der Waals surface area (Å²) in [5.41, 5.74) is 2.35. The quantitative estimate of drug-likeness (QED) is 0.104. The van der Waals surface area contributed by atoms with Crippen molar-refractivity contribution in [3.63, 3.8) is 0 Å². The molecule has 0 fully saturated rings. The number of carbonyl (C=O) groups excluding carboxylic acids is 4. The van der Waals surface area contributed by atoms with E-state index in [-0.39, 0.29) is 17.5 Å². The van der Waals surface area contributed by atoms with E-state index < -0.39 is 17.6 Å². The molecule has 0 atom stereocenters. The van der Waals surface area contributed by atoms with Crippen molar-refractivity contribution < 1.29 is 23.6 Å². The molecular weight excluding hydrogens is 553 g/mol. The lowest BCUT2D eigenvalue weighted by Gasteiger charge is -2.13. The molecule has 0 saturated carbocycles. The number of thioether (sulfide) groups is 1. The van der Waals surface area contributed by atoms with Gasteiger partial charge in [-0.05, 0) is 84.5 Å². The molecule has 9 heteroatoms. The third kappa shape index (κ3) is 6.82. The Morgan fingerprint density at radius 3 is 2.05 bits per heavy atom. The van der Waals surface area contributed by atoms with E-state index in [0.29, 0.717) is 46.7 Å². The van der Waals surface area contributed by atoms with Crippen LogP contribution >= 0.6 is 11.8 Å². The van der Waals surface area contributed by atoms with E-state index in [2.05, 4.69) is 10.6 Å². The fraction of sp³-hybridized carbons (Fsp3) is 0.0909. The minimum absolute atomic E-state index is 0.00192. The molecule has 0 unspecified atom stereocenters. The Kier molecular flexibility index (Phi) is 8.89. The summed E-state index contributed by atoms with van der Waals surface area (Å²) in [6.07, 6.45) is 2.11. The van der Waals surface area contributed by atoms with Gasteiger partial charge in [0, 0.05) is 22.7 Å². The number of imide groups is 1. The molecule has 1 heterocycles. The number of benzene rings is 4. The Morgan fingerprint density at radius 2 is 1.40 bits per heavy atom. The number of anilines is 1. The first-order valence-corrected chi connectivity index (χ1v) is 14.2. The zero-order chi connectivity index (χ0) is 29.5. The summed E-state index contributed by atoms with van der Waals surface area (Å²) in [4.78, 5) is 53.2. The van der Waals surface area contributed by atoms with Gasteiger partial charge >= 0.3 is 0 Å². The predicted molar refractivity (Wildman–Crippen MR) is 161 cm³/mol. The highest BCUT2D eigenvalue weighted by molar-refractivity contribution is 7.99. The second-order valence-corrected chi connectivity index (χ2v) is 10.6. The summed E-state index contributed by atoms with van der Waals surface area (Å²) in [5, 5.41) is 5.45. The number of rotatable bonds is 10. The third-order valence-electron chi connectivity index (χ3n) is 6.49. The fourth-order valence-corrected chi connectivity index (χ4v) is 5.19. The number of nitrogens with zero attached hydrogens (tertiary/aromatic N) is 1. The van der Waals surface area contributed by atoms with Crippen LogP contribution < -0.4 is 10.6 Å². The largest absolute Gasteiger partial charge is 0.321 e. The lowest BCUT2D eigenvalue weighted by molar-refractivity contribution is -0.113. The summed E-state index contributed by atoms with van der Waals surface area (Å²) < 4.78 is 13.4. The minimum Gasteiger partial charge on any atom is -0.321 e. The molecule has 0 saturated heterocycles. The summed E-state index contributed by atoms with van der Waals surface area (Å²) in [7, 11) is 0. The van der Waals surface area contributed by atoms with Crippen molar-refractivity contribution in [3.05, 3.63) is 137 Å².